The molecule has 0 saturated heterocycles. The summed E-state index contributed by atoms with van der Waals surface area (Å²) >= 11 is 0. The number of azide groups is 2. The lowest BCUT2D eigenvalue weighted by atomic mass is 10.2. The summed E-state index contributed by atoms with van der Waals surface area (Å²) in [6, 6.07) is -1.81. The first kappa shape index (κ1) is 10.5. The molecule has 0 bridgehead atoms. The zero-order valence-electron chi connectivity index (χ0n) is 6.15. The molecule has 0 aliphatic rings. The first-order valence-electron chi connectivity index (χ1n) is 3.10. The fraction of sp³-hybridized carbons (Fsp3) is 1.00. The Balaban J connectivity index is 4.41. The van der Waals surface area contributed by atoms with Crippen molar-refractivity contribution >= 4 is 0 Å². The predicted octanol–water partition coefficient (Wildman–Crippen LogP) is 0.329. The van der Waals surface area contributed by atoms with Gasteiger partial charge in [0.15, 0.2) is 0 Å². The van der Waals surface area contributed by atoms with Gasteiger partial charge in [0.05, 0.1) is 25.3 Å². The molecule has 8 nitrogen and oxygen atoms in total. The second-order valence-electron chi connectivity index (χ2n) is 1.91. The van der Waals surface area contributed by atoms with Crippen molar-refractivity contribution in [1.29, 1.82) is 0 Å². The van der Waals surface area contributed by atoms with Gasteiger partial charge in [0.1, 0.15) is 0 Å². The zero-order chi connectivity index (χ0) is 9.40. The third kappa shape index (κ3) is 3.09. The molecule has 0 aromatic rings. The van der Waals surface area contributed by atoms with Gasteiger partial charge in [-0.2, -0.15) is 0 Å². The molecule has 0 fully saturated rings. The minimum atomic E-state index is -0.907. The van der Waals surface area contributed by atoms with E-state index in [1.165, 1.54) is 0 Å². The Labute approximate surface area is 67.7 Å². The molecule has 0 aliphatic heterocycles. The molecule has 0 saturated carbocycles. The highest BCUT2D eigenvalue weighted by molar-refractivity contribution is 4.81. The van der Waals surface area contributed by atoms with Gasteiger partial charge in [-0.15, -0.1) is 0 Å². The van der Waals surface area contributed by atoms with Crippen LogP contribution in [-0.4, -0.2) is 35.5 Å². The summed E-state index contributed by atoms with van der Waals surface area (Å²) in [5, 5.41) is 23.5. The minimum Gasteiger partial charge on any atom is -0.396 e. The number of aliphatic hydroxyl groups excluding tert-OH is 2. The number of hydrogen-bond donors (Lipinski definition) is 2. The van der Waals surface area contributed by atoms with Crippen LogP contribution < -0.4 is 0 Å². The highest BCUT2D eigenvalue weighted by Gasteiger charge is 2.16. The zero-order valence-corrected chi connectivity index (χ0v) is 6.15. The van der Waals surface area contributed by atoms with Crippen molar-refractivity contribution in [3.63, 3.8) is 0 Å². The molecule has 0 rings (SSSR count). The van der Waals surface area contributed by atoms with Gasteiger partial charge < -0.3 is 10.2 Å². The van der Waals surface area contributed by atoms with Crippen LogP contribution in [0, 0.1) is 0 Å². The Kier molecular flexibility index (Phi) is 5.50. The van der Waals surface area contributed by atoms with Crippen LogP contribution in [0.5, 0.6) is 0 Å². The predicted molar refractivity (Wildman–Crippen MR) is 40.0 cm³/mol. The van der Waals surface area contributed by atoms with E-state index in [-0.39, 0.29) is 0 Å². The fourth-order valence-electron chi connectivity index (χ4n) is 0.603. The Bertz CT molecular complexity index is 194. The number of aliphatic hydroxyl groups is 2. The normalized spacial score (nSPS) is 13.8. The second-order valence-corrected chi connectivity index (χ2v) is 1.91. The lowest BCUT2D eigenvalue weighted by Crippen LogP contribution is -2.28. The molecule has 0 spiro atoms. The number of hydrogen-bond acceptors (Lipinski definition) is 4. The fourth-order valence-corrected chi connectivity index (χ4v) is 0.603. The number of nitrogens with zero attached hydrogens (tertiary/aromatic N) is 6. The van der Waals surface area contributed by atoms with Crippen molar-refractivity contribution < 1.29 is 10.2 Å². The van der Waals surface area contributed by atoms with Crippen LogP contribution in [0.25, 0.3) is 20.9 Å². The van der Waals surface area contributed by atoms with E-state index in [1.807, 2.05) is 0 Å². The average Bonchev–Trinajstić information content (AvgIpc) is 2.11. The van der Waals surface area contributed by atoms with Crippen molar-refractivity contribution in [2.45, 2.75) is 12.1 Å². The molecule has 2 atom stereocenters. The van der Waals surface area contributed by atoms with Crippen molar-refractivity contribution in [2.24, 2.45) is 10.2 Å². The van der Waals surface area contributed by atoms with Gasteiger partial charge in [0.2, 0.25) is 0 Å². The van der Waals surface area contributed by atoms with Gasteiger partial charge in [-0.05, 0) is 11.1 Å². The smallest absolute Gasteiger partial charge is 0.0711 e. The topological polar surface area (TPSA) is 138 Å². The molecular formula is C4H8N6O2. The third-order valence-corrected chi connectivity index (χ3v) is 1.22. The molecule has 2 N–H and O–H groups in total. The molecule has 0 aliphatic carbocycles. The van der Waals surface area contributed by atoms with Crippen molar-refractivity contribution in [3.05, 3.63) is 20.9 Å². The van der Waals surface area contributed by atoms with Gasteiger partial charge in [-0.3, -0.25) is 0 Å². The summed E-state index contributed by atoms with van der Waals surface area (Å²) in [5.41, 5.74) is 16.0. The summed E-state index contributed by atoms with van der Waals surface area (Å²) < 4.78 is 0. The standard InChI is InChI=1S/C4H8N6O2/c5-9-7-3(1-11)4(2-12)8-10-6/h3-4,11-12H,1-2H2/t3-,4-/m1/s1. The molecule has 66 valence electrons. The largest absolute Gasteiger partial charge is 0.396 e. The molecule has 0 aromatic carbocycles. The maximum atomic E-state index is 8.63. The summed E-state index contributed by atoms with van der Waals surface area (Å²) in [6.07, 6.45) is 0. The van der Waals surface area contributed by atoms with Crippen LogP contribution in [0.4, 0.5) is 0 Å². The van der Waals surface area contributed by atoms with E-state index < -0.39 is 25.3 Å². The highest BCUT2D eigenvalue weighted by Crippen LogP contribution is 2.03. The lowest BCUT2D eigenvalue weighted by molar-refractivity contribution is 0.199. The SMILES string of the molecule is [N-]=[N+]=N[C@H](CO)[C@@H](CO)N=[N+]=[N-]. The second kappa shape index (κ2) is 6.26. The van der Waals surface area contributed by atoms with Gasteiger partial charge in [-0.1, -0.05) is 10.2 Å². The van der Waals surface area contributed by atoms with E-state index in [2.05, 4.69) is 20.1 Å². The van der Waals surface area contributed by atoms with Crippen LogP contribution in [0.3, 0.4) is 0 Å². The van der Waals surface area contributed by atoms with Gasteiger partial charge in [0.25, 0.3) is 0 Å². The molecular weight excluding hydrogens is 164 g/mol. The van der Waals surface area contributed by atoms with Gasteiger partial charge in [0, 0.05) is 9.82 Å². The molecule has 8 heteroatoms. The third-order valence-electron chi connectivity index (χ3n) is 1.22. The summed E-state index contributed by atoms with van der Waals surface area (Å²) in [7, 11) is 0. The van der Waals surface area contributed by atoms with E-state index in [9.17, 15) is 0 Å². The highest BCUT2D eigenvalue weighted by atomic mass is 16.3. The van der Waals surface area contributed by atoms with Crippen molar-refractivity contribution in [1.82, 2.24) is 0 Å². The van der Waals surface area contributed by atoms with E-state index >= 15 is 0 Å². The Hall–Kier alpha value is -1.46. The monoisotopic (exact) mass is 172 g/mol. The molecule has 0 unspecified atom stereocenters. The van der Waals surface area contributed by atoms with E-state index in [0.717, 1.165) is 0 Å². The molecule has 0 heterocycles. The Morgan fingerprint density at radius 1 is 1.00 bits per heavy atom. The van der Waals surface area contributed by atoms with Crippen LogP contribution in [-0.2, 0) is 0 Å². The molecule has 0 radical (unpaired) electrons. The lowest BCUT2D eigenvalue weighted by Gasteiger charge is -2.12. The minimum absolute atomic E-state index is 0.464. The molecule has 0 aromatic heterocycles. The maximum absolute atomic E-state index is 8.63. The van der Waals surface area contributed by atoms with E-state index in [4.69, 9.17) is 21.3 Å². The Morgan fingerprint density at radius 3 is 1.50 bits per heavy atom. The van der Waals surface area contributed by atoms with E-state index in [1.54, 1.807) is 0 Å². The first-order valence-corrected chi connectivity index (χ1v) is 3.10. The summed E-state index contributed by atoms with van der Waals surface area (Å²) in [4.78, 5) is 4.86. The van der Waals surface area contributed by atoms with Crippen molar-refractivity contribution in [3.8, 4) is 0 Å². The maximum Gasteiger partial charge on any atom is 0.0711 e. The van der Waals surface area contributed by atoms with Crippen molar-refractivity contribution in [2.75, 3.05) is 13.2 Å². The first-order chi connectivity index (χ1) is 5.79. The summed E-state index contributed by atoms with van der Waals surface area (Å²) in [6.45, 7) is -0.928. The van der Waals surface area contributed by atoms with Crippen LogP contribution >= 0.6 is 0 Å². The van der Waals surface area contributed by atoms with Crippen LogP contribution in [0.15, 0.2) is 10.2 Å². The number of rotatable bonds is 5. The van der Waals surface area contributed by atoms with Gasteiger partial charge in [-0.25, -0.2) is 0 Å². The van der Waals surface area contributed by atoms with Crippen LogP contribution in [0.1, 0.15) is 0 Å². The van der Waals surface area contributed by atoms with E-state index in [0.29, 0.717) is 0 Å². The Morgan fingerprint density at radius 2 is 1.33 bits per heavy atom. The molecule has 0 amide bonds. The van der Waals surface area contributed by atoms with Crippen LogP contribution in [0.2, 0.25) is 0 Å². The quantitative estimate of drug-likeness (QED) is 0.350. The summed E-state index contributed by atoms with van der Waals surface area (Å²) in [5.74, 6) is 0. The average molecular weight is 172 g/mol. The molecule has 12 heavy (non-hydrogen) atoms. The van der Waals surface area contributed by atoms with Gasteiger partial charge >= 0.3 is 0 Å².